The molecule has 2 rings (SSSR count). The molecule has 2 unspecified atom stereocenters. The number of aromatic nitrogens is 1. The summed E-state index contributed by atoms with van der Waals surface area (Å²) in [7, 11) is 0. The minimum atomic E-state index is -0.565. The van der Waals surface area contributed by atoms with Crippen LogP contribution in [0.3, 0.4) is 0 Å². The third kappa shape index (κ3) is 3.95. The van der Waals surface area contributed by atoms with Gasteiger partial charge in [-0.15, -0.1) is 0 Å². The van der Waals surface area contributed by atoms with E-state index in [4.69, 9.17) is 4.52 Å². The highest BCUT2D eigenvalue weighted by Gasteiger charge is 2.31. The third-order valence-electron chi connectivity index (χ3n) is 3.96. The molecule has 0 radical (unpaired) electrons. The Balaban J connectivity index is 2.03. The molecule has 0 saturated heterocycles. The first-order valence-electron chi connectivity index (χ1n) is 7.34. The summed E-state index contributed by atoms with van der Waals surface area (Å²) in [4.78, 5) is 12.1. The second-order valence-corrected chi connectivity index (χ2v) is 6.01. The fourth-order valence-corrected chi connectivity index (χ4v) is 2.26. The lowest BCUT2D eigenvalue weighted by Crippen LogP contribution is -2.43. The number of carbonyl (C=O) groups excluding carboxylic acids is 1. The molecule has 2 aromatic rings. The van der Waals surface area contributed by atoms with E-state index < -0.39 is 11.5 Å². The number of carbonyl (C=O) groups is 1. The number of benzene rings is 1. The van der Waals surface area contributed by atoms with Crippen molar-refractivity contribution in [2.45, 2.75) is 33.3 Å². The summed E-state index contributed by atoms with van der Waals surface area (Å²) in [6.45, 7) is 5.80. The number of aryl methyl sites for hydroxylation is 1. The lowest BCUT2D eigenvalue weighted by atomic mass is 9.79. The molecule has 0 fully saturated rings. The van der Waals surface area contributed by atoms with Crippen LogP contribution < -0.4 is 5.32 Å². The average molecular weight is 302 g/mol. The van der Waals surface area contributed by atoms with Gasteiger partial charge in [-0.2, -0.15) is 0 Å². The first-order chi connectivity index (χ1) is 10.4. The van der Waals surface area contributed by atoms with Crippen molar-refractivity contribution in [3.63, 3.8) is 0 Å². The van der Waals surface area contributed by atoms with Gasteiger partial charge in [-0.3, -0.25) is 4.79 Å². The predicted molar refractivity (Wildman–Crippen MR) is 83.5 cm³/mol. The van der Waals surface area contributed by atoms with Crippen LogP contribution in [0.1, 0.15) is 35.7 Å². The molecule has 0 saturated carbocycles. The molecular formula is C17H22N2O3. The van der Waals surface area contributed by atoms with Crippen LogP contribution in [-0.4, -0.2) is 28.8 Å². The van der Waals surface area contributed by atoms with E-state index in [0.717, 1.165) is 5.56 Å². The monoisotopic (exact) mass is 302 g/mol. The van der Waals surface area contributed by atoms with E-state index in [0.29, 0.717) is 18.7 Å². The number of hydrogen-bond acceptors (Lipinski definition) is 4. The number of nitrogens with one attached hydrogen (secondary N) is 1. The van der Waals surface area contributed by atoms with Gasteiger partial charge in [-0.1, -0.05) is 42.4 Å². The number of aliphatic hydroxyl groups excluding tert-OH is 1. The van der Waals surface area contributed by atoms with E-state index in [-0.39, 0.29) is 11.7 Å². The molecule has 0 aliphatic heterocycles. The molecule has 0 spiro atoms. The number of amides is 1. The fourth-order valence-electron chi connectivity index (χ4n) is 2.26. The molecule has 1 aromatic carbocycles. The van der Waals surface area contributed by atoms with Gasteiger partial charge < -0.3 is 14.9 Å². The zero-order chi connectivity index (χ0) is 16.2. The SMILES string of the molecule is Cc1cc(C(=O)NCC(C)(Cc2ccccc2)C(C)O)on1. The summed E-state index contributed by atoms with van der Waals surface area (Å²) in [6.07, 6.45) is 0.103. The smallest absolute Gasteiger partial charge is 0.289 e. The van der Waals surface area contributed by atoms with E-state index in [1.807, 2.05) is 37.3 Å². The third-order valence-corrected chi connectivity index (χ3v) is 3.96. The van der Waals surface area contributed by atoms with Gasteiger partial charge in [0.15, 0.2) is 0 Å². The molecule has 118 valence electrons. The average Bonchev–Trinajstić information content (AvgIpc) is 2.92. The van der Waals surface area contributed by atoms with Gasteiger partial charge in [-0.25, -0.2) is 0 Å². The van der Waals surface area contributed by atoms with E-state index in [1.54, 1.807) is 19.9 Å². The summed E-state index contributed by atoms with van der Waals surface area (Å²) in [5.74, 6) is -0.134. The van der Waals surface area contributed by atoms with Crippen LogP contribution in [0.4, 0.5) is 0 Å². The zero-order valence-corrected chi connectivity index (χ0v) is 13.2. The normalized spacial score (nSPS) is 15.1. The van der Waals surface area contributed by atoms with Crippen LogP contribution in [0.2, 0.25) is 0 Å². The number of aliphatic hydroxyl groups is 1. The van der Waals surface area contributed by atoms with Crippen LogP contribution >= 0.6 is 0 Å². The Hall–Kier alpha value is -2.14. The van der Waals surface area contributed by atoms with Crippen LogP contribution in [0.5, 0.6) is 0 Å². The Bertz CT molecular complexity index is 622. The van der Waals surface area contributed by atoms with Crippen LogP contribution in [0, 0.1) is 12.3 Å². The predicted octanol–water partition coefficient (Wildman–Crippen LogP) is 2.34. The van der Waals surface area contributed by atoms with Gasteiger partial charge in [0.1, 0.15) is 0 Å². The van der Waals surface area contributed by atoms with Crippen molar-refractivity contribution in [1.29, 1.82) is 0 Å². The minimum Gasteiger partial charge on any atom is -0.393 e. The van der Waals surface area contributed by atoms with Gasteiger partial charge in [0.05, 0.1) is 11.8 Å². The number of rotatable bonds is 6. The maximum atomic E-state index is 12.1. The van der Waals surface area contributed by atoms with Crippen molar-refractivity contribution >= 4 is 5.91 Å². The minimum absolute atomic E-state index is 0.185. The maximum Gasteiger partial charge on any atom is 0.289 e. The Kier molecular flexibility index (Phi) is 4.98. The lowest BCUT2D eigenvalue weighted by Gasteiger charge is -2.33. The molecule has 5 heteroatoms. The molecule has 22 heavy (non-hydrogen) atoms. The maximum absolute atomic E-state index is 12.1. The van der Waals surface area contributed by atoms with Gasteiger partial charge in [0, 0.05) is 18.0 Å². The molecule has 2 N–H and O–H groups in total. The summed E-state index contributed by atoms with van der Waals surface area (Å²) < 4.78 is 4.95. The fraction of sp³-hybridized carbons (Fsp3) is 0.412. The zero-order valence-electron chi connectivity index (χ0n) is 13.2. The van der Waals surface area contributed by atoms with Crippen molar-refractivity contribution in [2.75, 3.05) is 6.54 Å². The Labute approximate surface area is 130 Å². The Morgan fingerprint density at radius 2 is 2.09 bits per heavy atom. The molecular weight excluding hydrogens is 280 g/mol. The Morgan fingerprint density at radius 3 is 2.64 bits per heavy atom. The largest absolute Gasteiger partial charge is 0.393 e. The molecule has 0 aliphatic carbocycles. The van der Waals surface area contributed by atoms with Crippen molar-refractivity contribution in [2.24, 2.45) is 5.41 Å². The second kappa shape index (κ2) is 6.75. The van der Waals surface area contributed by atoms with Gasteiger partial charge in [-0.05, 0) is 25.8 Å². The molecule has 0 aliphatic rings. The highest BCUT2D eigenvalue weighted by Crippen LogP contribution is 2.26. The van der Waals surface area contributed by atoms with Crippen molar-refractivity contribution in [3.8, 4) is 0 Å². The van der Waals surface area contributed by atoms with E-state index in [2.05, 4.69) is 10.5 Å². The molecule has 1 amide bonds. The van der Waals surface area contributed by atoms with Gasteiger partial charge in [0.2, 0.25) is 5.76 Å². The van der Waals surface area contributed by atoms with Crippen molar-refractivity contribution in [1.82, 2.24) is 10.5 Å². The topological polar surface area (TPSA) is 75.4 Å². The van der Waals surface area contributed by atoms with E-state index in [1.165, 1.54) is 0 Å². The summed E-state index contributed by atoms with van der Waals surface area (Å²) >= 11 is 0. The second-order valence-electron chi connectivity index (χ2n) is 6.01. The summed E-state index contributed by atoms with van der Waals surface area (Å²) in [5, 5.41) is 16.7. The molecule has 5 nitrogen and oxygen atoms in total. The quantitative estimate of drug-likeness (QED) is 0.859. The van der Waals surface area contributed by atoms with E-state index in [9.17, 15) is 9.90 Å². The first-order valence-corrected chi connectivity index (χ1v) is 7.34. The van der Waals surface area contributed by atoms with Crippen molar-refractivity contribution < 1.29 is 14.4 Å². The highest BCUT2D eigenvalue weighted by molar-refractivity contribution is 5.91. The first kappa shape index (κ1) is 16.2. The van der Waals surface area contributed by atoms with Crippen LogP contribution in [0.25, 0.3) is 0 Å². The highest BCUT2D eigenvalue weighted by atomic mass is 16.5. The Morgan fingerprint density at radius 1 is 1.41 bits per heavy atom. The lowest BCUT2D eigenvalue weighted by molar-refractivity contribution is 0.0493. The standard InChI is InChI=1S/C17H22N2O3/c1-12-9-15(22-19-12)16(21)18-11-17(3,13(2)20)10-14-7-5-4-6-8-14/h4-9,13,20H,10-11H2,1-3H3,(H,18,21). The van der Waals surface area contributed by atoms with E-state index >= 15 is 0 Å². The molecule has 2 atom stereocenters. The molecule has 1 heterocycles. The molecule has 1 aromatic heterocycles. The summed E-state index contributed by atoms with van der Waals surface area (Å²) in [6, 6.07) is 11.5. The summed E-state index contributed by atoms with van der Waals surface area (Å²) in [5.41, 5.74) is 1.31. The molecule has 0 bridgehead atoms. The number of hydrogen-bond donors (Lipinski definition) is 2. The van der Waals surface area contributed by atoms with Gasteiger partial charge in [0.25, 0.3) is 5.91 Å². The van der Waals surface area contributed by atoms with Crippen LogP contribution in [0.15, 0.2) is 40.9 Å². The van der Waals surface area contributed by atoms with Crippen molar-refractivity contribution in [3.05, 3.63) is 53.4 Å². The number of nitrogens with zero attached hydrogens (tertiary/aromatic N) is 1. The van der Waals surface area contributed by atoms with Gasteiger partial charge >= 0.3 is 0 Å². The van der Waals surface area contributed by atoms with Crippen LogP contribution in [-0.2, 0) is 6.42 Å².